The third kappa shape index (κ3) is 4.61. The number of ketones is 1. The van der Waals surface area contributed by atoms with Crippen molar-refractivity contribution < 1.29 is 14.1 Å². The highest BCUT2D eigenvalue weighted by Crippen LogP contribution is 2.23. The van der Waals surface area contributed by atoms with E-state index >= 15 is 0 Å². The van der Waals surface area contributed by atoms with Gasteiger partial charge >= 0.3 is 0 Å². The van der Waals surface area contributed by atoms with Crippen molar-refractivity contribution in [3.8, 4) is 0 Å². The van der Waals surface area contributed by atoms with Crippen LogP contribution in [0, 0.1) is 15.9 Å². The number of nitro groups is 1. The molecule has 0 atom stereocenters. The number of piperazine rings is 1. The average Bonchev–Trinajstić information content (AvgIpc) is 2.72. The molecule has 2 aromatic carbocycles. The van der Waals surface area contributed by atoms with Gasteiger partial charge in [0.05, 0.1) is 10.6 Å². The van der Waals surface area contributed by atoms with Crippen LogP contribution in [-0.2, 0) is 0 Å². The fraction of sp³-hybridized carbons (Fsp3) is 0.286. The first-order chi connectivity index (χ1) is 13.5. The van der Waals surface area contributed by atoms with Gasteiger partial charge in [0.15, 0.2) is 5.78 Å². The summed E-state index contributed by atoms with van der Waals surface area (Å²) in [6, 6.07) is 10.5. The van der Waals surface area contributed by atoms with Crippen molar-refractivity contribution in [3.05, 3.63) is 75.6 Å². The molecular weight excluding hydrogens is 361 g/mol. The molecule has 6 nitrogen and oxygen atoms in total. The summed E-state index contributed by atoms with van der Waals surface area (Å²) in [4.78, 5) is 27.0. The molecule has 1 saturated heterocycles. The van der Waals surface area contributed by atoms with Crippen LogP contribution in [-0.4, -0.2) is 48.3 Å². The molecule has 1 heterocycles. The summed E-state index contributed by atoms with van der Waals surface area (Å²) in [5.41, 5.74) is 1.24. The number of hydrogen-bond donors (Lipinski definition) is 0. The third-order valence-corrected chi connectivity index (χ3v) is 4.90. The summed E-state index contributed by atoms with van der Waals surface area (Å²) in [6.07, 6.45) is 2.79. The number of carbonyl (C=O) groups excluding carboxylic acids is 1. The second-order valence-corrected chi connectivity index (χ2v) is 6.64. The second-order valence-electron chi connectivity index (χ2n) is 6.64. The van der Waals surface area contributed by atoms with Crippen LogP contribution < -0.4 is 4.90 Å². The molecule has 0 saturated carbocycles. The van der Waals surface area contributed by atoms with Crippen molar-refractivity contribution in [2.75, 3.05) is 37.6 Å². The minimum Gasteiger partial charge on any atom is -0.367 e. The van der Waals surface area contributed by atoms with Gasteiger partial charge in [0, 0.05) is 43.9 Å². The summed E-state index contributed by atoms with van der Waals surface area (Å²) in [6.45, 7) is 6.39. The molecule has 28 heavy (non-hydrogen) atoms. The SMILES string of the molecule is CCN1CCN(c2ccc(C(=O)/C=C/c3cccc([N+](=O)[O-])c3)cc2F)CC1. The molecule has 7 heteroatoms. The molecule has 0 aromatic heterocycles. The second kappa shape index (κ2) is 8.75. The molecule has 0 unspecified atom stereocenters. The third-order valence-electron chi connectivity index (χ3n) is 4.90. The van der Waals surface area contributed by atoms with Gasteiger partial charge in [0.2, 0.25) is 0 Å². The zero-order valence-corrected chi connectivity index (χ0v) is 15.7. The highest BCUT2D eigenvalue weighted by Gasteiger charge is 2.19. The Balaban J connectivity index is 1.70. The number of halogens is 1. The molecule has 0 radical (unpaired) electrons. The van der Waals surface area contributed by atoms with Crippen LogP contribution in [0.2, 0.25) is 0 Å². The number of likely N-dealkylation sites (N-methyl/N-ethyl adjacent to an activating group) is 1. The summed E-state index contributed by atoms with van der Waals surface area (Å²) in [5, 5.41) is 10.8. The van der Waals surface area contributed by atoms with Crippen molar-refractivity contribution in [1.29, 1.82) is 0 Å². The molecule has 1 aliphatic heterocycles. The van der Waals surface area contributed by atoms with Gasteiger partial charge in [-0.3, -0.25) is 14.9 Å². The van der Waals surface area contributed by atoms with Crippen LogP contribution in [0.25, 0.3) is 6.08 Å². The minimum atomic E-state index is -0.492. The van der Waals surface area contributed by atoms with Gasteiger partial charge in [-0.25, -0.2) is 4.39 Å². The predicted molar refractivity (Wildman–Crippen MR) is 107 cm³/mol. The van der Waals surface area contributed by atoms with Gasteiger partial charge in [0.1, 0.15) is 5.82 Å². The lowest BCUT2D eigenvalue weighted by Crippen LogP contribution is -2.46. The Morgan fingerprint density at radius 2 is 1.93 bits per heavy atom. The van der Waals surface area contributed by atoms with Crippen LogP contribution in [0.1, 0.15) is 22.8 Å². The van der Waals surface area contributed by atoms with E-state index in [-0.39, 0.29) is 17.0 Å². The highest BCUT2D eigenvalue weighted by molar-refractivity contribution is 6.07. The number of nitrogens with zero attached hydrogens (tertiary/aromatic N) is 3. The zero-order chi connectivity index (χ0) is 20.1. The van der Waals surface area contributed by atoms with E-state index in [0.717, 1.165) is 32.7 Å². The van der Waals surface area contributed by atoms with Gasteiger partial charge < -0.3 is 9.80 Å². The Bertz CT molecular complexity index is 906. The summed E-state index contributed by atoms with van der Waals surface area (Å²) < 4.78 is 14.6. The van der Waals surface area contributed by atoms with Gasteiger partial charge in [-0.05, 0) is 36.4 Å². The average molecular weight is 383 g/mol. The smallest absolute Gasteiger partial charge is 0.270 e. The van der Waals surface area contributed by atoms with Crippen LogP contribution in [0.5, 0.6) is 0 Å². The lowest BCUT2D eigenvalue weighted by Gasteiger charge is -2.35. The maximum Gasteiger partial charge on any atom is 0.270 e. The number of hydrogen-bond acceptors (Lipinski definition) is 5. The normalized spacial score (nSPS) is 15.1. The van der Waals surface area contributed by atoms with E-state index in [0.29, 0.717) is 11.3 Å². The van der Waals surface area contributed by atoms with E-state index in [4.69, 9.17) is 0 Å². The van der Waals surface area contributed by atoms with Crippen molar-refractivity contribution in [3.63, 3.8) is 0 Å². The number of nitro benzene ring substituents is 1. The molecule has 2 aromatic rings. The molecule has 1 fully saturated rings. The molecule has 0 bridgehead atoms. The van der Waals surface area contributed by atoms with Crippen molar-refractivity contribution in [1.82, 2.24) is 4.90 Å². The van der Waals surface area contributed by atoms with Crippen LogP contribution in [0.3, 0.4) is 0 Å². The number of anilines is 1. The largest absolute Gasteiger partial charge is 0.367 e. The molecule has 3 rings (SSSR count). The van der Waals surface area contributed by atoms with Crippen LogP contribution in [0.4, 0.5) is 15.8 Å². The Morgan fingerprint density at radius 1 is 1.18 bits per heavy atom. The summed E-state index contributed by atoms with van der Waals surface area (Å²) >= 11 is 0. The van der Waals surface area contributed by atoms with Crippen molar-refractivity contribution in [2.45, 2.75) is 6.92 Å². The lowest BCUT2D eigenvalue weighted by molar-refractivity contribution is -0.384. The molecule has 1 aliphatic rings. The maximum atomic E-state index is 14.6. The quantitative estimate of drug-likeness (QED) is 0.329. The number of benzene rings is 2. The van der Waals surface area contributed by atoms with E-state index in [1.807, 2.05) is 4.90 Å². The Labute approximate surface area is 163 Å². The number of rotatable bonds is 6. The lowest BCUT2D eigenvalue weighted by atomic mass is 10.1. The van der Waals surface area contributed by atoms with E-state index in [2.05, 4.69) is 11.8 Å². The summed E-state index contributed by atoms with van der Waals surface area (Å²) in [5.74, 6) is -0.771. The van der Waals surface area contributed by atoms with Crippen molar-refractivity contribution >= 4 is 23.2 Å². The molecular formula is C21H22FN3O3. The fourth-order valence-electron chi connectivity index (χ4n) is 3.23. The molecule has 0 spiro atoms. The molecule has 0 aliphatic carbocycles. The standard InChI is InChI=1S/C21H22FN3O3/c1-2-23-10-12-24(13-11-23)20-8-7-17(15-19(20)22)21(26)9-6-16-4-3-5-18(14-16)25(27)28/h3-9,14-15H,2,10-13H2,1H3/b9-6+. The fourth-order valence-corrected chi connectivity index (χ4v) is 3.23. The van der Waals surface area contributed by atoms with Crippen LogP contribution in [0.15, 0.2) is 48.5 Å². The Hall–Kier alpha value is -3.06. The molecule has 146 valence electrons. The van der Waals surface area contributed by atoms with Crippen LogP contribution >= 0.6 is 0 Å². The number of non-ortho nitro benzene ring substituents is 1. The zero-order valence-electron chi connectivity index (χ0n) is 15.7. The van der Waals surface area contributed by atoms with Gasteiger partial charge in [-0.1, -0.05) is 25.1 Å². The number of carbonyl (C=O) groups is 1. The topological polar surface area (TPSA) is 66.7 Å². The van der Waals surface area contributed by atoms with Gasteiger partial charge in [-0.15, -0.1) is 0 Å². The highest BCUT2D eigenvalue weighted by atomic mass is 19.1. The Kier molecular flexibility index (Phi) is 6.16. The number of allylic oxidation sites excluding steroid dienone is 1. The monoisotopic (exact) mass is 383 g/mol. The van der Waals surface area contributed by atoms with E-state index in [1.165, 1.54) is 30.4 Å². The first kappa shape index (κ1) is 19.7. The molecule has 0 N–H and O–H groups in total. The Morgan fingerprint density at radius 3 is 2.57 bits per heavy atom. The van der Waals surface area contributed by atoms with E-state index < -0.39 is 10.7 Å². The summed E-state index contributed by atoms with van der Waals surface area (Å²) in [7, 11) is 0. The van der Waals surface area contributed by atoms with E-state index in [9.17, 15) is 19.3 Å². The first-order valence-corrected chi connectivity index (χ1v) is 9.21. The predicted octanol–water partition coefficient (Wildman–Crippen LogP) is 3.77. The molecule has 0 amide bonds. The first-order valence-electron chi connectivity index (χ1n) is 9.21. The van der Waals surface area contributed by atoms with Crippen molar-refractivity contribution in [2.24, 2.45) is 0 Å². The van der Waals surface area contributed by atoms with E-state index in [1.54, 1.807) is 24.3 Å². The van der Waals surface area contributed by atoms with Gasteiger partial charge in [-0.2, -0.15) is 0 Å². The maximum absolute atomic E-state index is 14.6. The van der Waals surface area contributed by atoms with Gasteiger partial charge in [0.25, 0.3) is 5.69 Å². The minimum absolute atomic E-state index is 0.0480.